The molecular weight excluding hydrogens is 349 g/mol. The van der Waals surface area contributed by atoms with Crippen LogP contribution in [0.25, 0.3) is 0 Å². The van der Waals surface area contributed by atoms with Gasteiger partial charge in [0.2, 0.25) is 0 Å². The van der Waals surface area contributed by atoms with Gasteiger partial charge in [0.25, 0.3) is 0 Å². The number of esters is 1. The largest absolute Gasteiger partial charge is 0.464 e. The highest BCUT2D eigenvalue weighted by atomic mass is 32.7. The Hall–Kier alpha value is -0.0700. The molecule has 0 saturated carbocycles. The zero-order chi connectivity index (χ0) is 19.2. The van der Waals surface area contributed by atoms with Gasteiger partial charge in [-0.25, -0.2) is 4.57 Å². The molecular formula is C16H34NO5PS. The van der Waals surface area contributed by atoms with Crippen molar-refractivity contribution in [3.8, 4) is 0 Å². The van der Waals surface area contributed by atoms with Crippen LogP contribution in [0.1, 0.15) is 61.8 Å². The smallest absolute Gasteiger partial charge is 0.390 e. The van der Waals surface area contributed by atoms with E-state index in [4.69, 9.17) is 19.5 Å². The van der Waals surface area contributed by atoms with Crippen molar-refractivity contribution in [2.45, 2.75) is 73.0 Å². The van der Waals surface area contributed by atoms with Gasteiger partial charge in [-0.1, -0.05) is 0 Å². The highest BCUT2D eigenvalue weighted by Crippen LogP contribution is 2.64. The van der Waals surface area contributed by atoms with Crippen molar-refractivity contribution in [2.24, 2.45) is 11.1 Å². The minimum absolute atomic E-state index is 0.141. The molecule has 0 saturated heterocycles. The van der Waals surface area contributed by atoms with Crippen LogP contribution < -0.4 is 5.73 Å². The third-order valence-corrected chi connectivity index (χ3v) is 6.81. The van der Waals surface area contributed by atoms with Crippen molar-refractivity contribution >= 4 is 24.1 Å². The fourth-order valence-electron chi connectivity index (χ4n) is 1.68. The van der Waals surface area contributed by atoms with Crippen LogP contribution in [0, 0.1) is 5.41 Å². The van der Waals surface area contributed by atoms with Crippen LogP contribution in [0.4, 0.5) is 0 Å². The van der Waals surface area contributed by atoms with Gasteiger partial charge >= 0.3 is 12.8 Å². The van der Waals surface area contributed by atoms with Crippen molar-refractivity contribution in [3.63, 3.8) is 0 Å². The molecule has 2 N–H and O–H groups in total. The standard InChI is InChI=1S/C16H34NO5PS/c1-14(2,3)21-23(19,22-15(4,5)6)24-12-11-20-13(18)16(7,8)9-10-17/h9-12,17H2,1-8H3. The second-order valence-corrected chi connectivity index (χ2v) is 12.3. The average molecular weight is 383 g/mol. The van der Waals surface area contributed by atoms with Crippen LogP contribution in [0.3, 0.4) is 0 Å². The Balaban J connectivity index is 4.64. The van der Waals surface area contributed by atoms with Crippen LogP contribution in [-0.4, -0.2) is 36.1 Å². The number of carbonyl (C=O) groups excluding carboxylic acids is 1. The SMILES string of the molecule is CC(C)(C)OP(=O)(OC(C)(C)C)SCCOC(=O)C(C)(C)CCN. The average Bonchev–Trinajstić information content (AvgIpc) is 2.29. The molecule has 0 aromatic heterocycles. The predicted molar refractivity (Wildman–Crippen MR) is 100 cm³/mol. The van der Waals surface area contributed by atoms with E-state index in [1.807, 2.05) is 41.5 Å². The number of nitrogens with two attached hydrogens (primary N) is 1. The molecule has 0 radical (unpaired) electrons. The topological polar surface area (TPSA) is 87.9 Å². The Kier molecular flexibility index (Phi) is 9.01. The zero-order valence-electron chi connectivity index (χ0n) is 16.3. The molecule has 0 aliphatic carbocycles. The van der Waals surface area contributed by atoms with E-state index in [0.717, 1.165) is 11.4 Å². The van der Waals surface area contributed by atoms with Gasteiger partial charge in [-0.05, 0) is 79.7 Å². The molecule has 6 nitrogen and oxygen atoms in total. The van der Waals surface area contributed by atoms with Gasteiger partial charge in [-0.15, -0.1) is 0 Å². The summed E-state index contributed by atoms with van der Waals surface area (Å²) in [7, 11) is 0. The number of hydrogen-bond donors (Lipinski definition) is 1. The summed E-state index contributed by atoms with van der Waals surface area (Å²) in [6, 6.07) is 0. The Labute approximate surface area is 150 Å². The van der Waals surface area contributed by atoms with Gasteiger partial charge in [-0.3, -0.25) is 13.8 Å². The summed E-state index contributed by atoms with van der Waals surface area (Å²) in [6.07, 6.45) is 0.553. The van der Waals surface area contributed by atoms with Gasteiger partial charge in [0.05, 0.1) is 16.6 Å². The fourth-order valence-corrected chi connectivity index (χ4v) is 6.10. The molecule has 24 heavy (non-hydrogen) atoms. The quantitative estimate of drug-likeness (QED) is 0.359. The molecule has 0 bridgehead atoms. The second-order valence-electron chi connectivity index (χ2n) is 8.25. The highest BCUT2D eigenvalue weighted by molar-refractivity contribution is 8.55. The maximum absolute atomic E-state index is 13.0. The lowest BCUT2D eigenvalue weighted by molar-refractivity contribution is -0.153. The minimum Gasteiger partial charge on any atom is -0.464 e. The third-order valence-electron chi connectivity index (χ3n) is 2.66. The van der Waals surface area contributed by atoms with Gasteiger partial charge in [0.1, 0.15) is 6.61 Å². The van der Waals surface area contributed by atoms with E-state index in [2.05, 4.69) is 0 Å². The maximum Gasteiger partial charge on any atom is 0.390 e. The summed E-state index contributed by atoms with van der Waals surface area (Å²) in [6.45, 7) is 11.7. The van der Waals surface area contributed by atoms with E-state index in [9.17, 15) is 9.36 Å². The van der Waals surface area contributed by atoms with E-state index < -0.39 is 23.4 Å². The summed E-state index contributed by atoms with van der Waals surface area (Å²) in [5.41, 5.74) is 3.67. The molecule has 0 aromatic rings. The van der Waals surface area contributed by atoms with Crippen LogP contribution >= 0.6 is 18.2 Å². The number of hydrogen-bond acceptors (Lipinski definition) is 7. The molecule has 8 heteroatoms. The molecule has 0 aromatic carbocycles. The van der Waals surface area contributed by atoms with Crippen LogP contribution in [0.5, 0.6) is 0 Å². The van der Waals surface area contributed by atoms with E-state index in [0.29, 0.717) is 18.7 Å². The fraction of sp³-hybridized carbons (Fsp3) is 0.938. The molecule has 0 fully saturated rings. The first-order chi connectivity index (χ1) is 10.6. The number of rotatable bonds is 9. The summed E-state index contributed by atoms with van der Waals surface area (Å²) in [5.74, 6) is 0.0188. The Bertz CT molecular complexity index is 434. The summed E-state index contributed by atoms with van der Waals surface area (Å²) in [4.78, 5) is 12.0. The first-order valence-corrected chi connectivity index (χ1v) is 11.3. The van der Waals surface area contributed by atoms with Crippen molar-refractivity contribution in [1.29, 1.82) is 0 Å². The molecule has 0 spiro atoms. The molecule has 0 heterocycles. The molecule has 0 aliphatic rings. The van der Waals surface area contributed by atoms with Crippen LogP contribution in [0.15, 0.2) is 0 Å². The van der Waals surface area contributed by atoms with Gasteiger partial charge in [-0.2, -0.15) is 0 Å². The highest BCUT2D eigenvalue weighted by Gasteiger charge is 2.36. The first-order valence-electron chi connectivity index (χ1n) is 8.14. The zero-order valence-corrected chi connectivity index (χ0v) is 18.0. The molecule has 0 rings (SSSR count). The van der Waals surface area contributed by atoms with E-state index in [-0.39, 0.29) is 12.6 Å². The predicted octanol–water partition coefficient (Wildman–Crippen LogP) is 4.38. The minimum atomic E-state index is -3.37. The van der Waals surface area contributed by atoms with Crippen molar-refractivity contribution in [3.05, 3.63) is 0 Å². The Morgan fingerprint density at radius 2 is 1.46 bits per heavy atom. The summed E-state index contributed by atoms with van der Waals surface area (Å²) < 4.78 is 29.5. The lowest BCUT2D eigenvalue weighted by atomic mass is 9.90. The van der Waals surface area contributed by atoms with Gasteiger partial charge < -0.3 is 10.5 Å². The van der Waals surface area contributed by atoms with Crippen molar-refractivity contribution in [1.82, 2.24) is 0 Å². The number of ether oxygens (including phenoxy) is 1. The first kappa shape index (κ1) is 23.9. The van der Waals surface area contributed by atoms with Crippen LogP contribution in [0.2, 0.25) is 0 Å². The van der Waals surface area contributed by atoms with E-state index in [1.54, 1.807) is 13.8 Å². The summed E-state index contributed by atoms with van der Waals surface area (Å²) >= 11 is 1.05. The lowest BCUT2D eigenvalue weighted by Crippen LogP contribution is -2.29. The molecule has 0 aliphatic heterocycles. The second kappa shape index (κ2) is 9.04. The van der Waals surface area contributed by atoms with E-state index >= 15 is 0 Å². The molecule has 144 valence electrons. The molecule has 0 atom stereocenters. The third kappa shape index (κ3) is 10.7. The van der Waals surface area contributed by atoms with E-state index in [1.165, 1.54) is 0 Å². The van der Waals surface area contributed by atoms with Crippen molar-refractivity contribution < 1.29 is 23.1 Å². The van der Waals surface area contributed by atoms with Crippen LogP contribution in [-0.2, 0) is 23.1 Å². The number of carbonyl (C=O) groups is 1. The van der Waals surface area contributed by atoms with Gasteiger partial charge in [0.15, 0.2) is 0 Å². The summed E-state index contributed by atoms with van der Waals surface area (Å²) in [5, 5.41) is 0. The van der Waals surface area contributed by atoms with Crippen molar-refractivity contribution in [2.75, 3.05) is 18.9 Å². The Morgan fingerprint density at radius 1 is 1.00 bits per heavy atom. The maximum atomic E-state index is 13.0. The molecule has 0 unspecified atom stereocenters. The van der Waals surface area contributed by atoms with Gasteiger partial charge in [0, 0.05) is 5.75 Å². The lowest BCUT2D eigenvalue weighted by Gasteiger charge is -2.31. The normalized spacial score (nSPS) is 13.9. The monoisotopic (exact) mass is 383 g/mol. The molecule has 0 amide bonds. The Morgan fingerprint density at radius 3 is 1.83 bits per heavy atom.